The van der Waals surface area contributed by atoms with Gasteiger partial charge in [-0.2, -0.15) is 4.31 Å². The summed E-state index contributed by atoms with van der Waals surface area (Å²) in [6.07, 6.45) is 0.287. The summed E-state index contributed by atoms with van der Waals surface area (Å²) >= 11 is 0. The van der Waals surface area contributed by atoms with Crippen molar-refractivity contribution in [1.82, 2.24) is 4.31 Å². The Balaban J connectivity index is 1.74. The van der Waals surface area contributed by atoms with E-state index in [9.17, 15) is 13.2 Å². The molecule has 1 saturated heterocycles. The van der Waals surface area contributed by atoms with Crippen LogP contribution in [0.4, 0.5) is 0 Å². The van der Waals surface area contributed by atoms with Gasteiger partial charge in [-0.05, 0) is 38.0 Å². The summed E-state index contributed by atoms with van der Waals surface area (Å²) in [5.41, 5.74) is 0.418. The van der Waals surface area contributed by atoms with E-state index < -0.39 is 15.6 Å². The molecule has 0 N–H and O–H groups in total. The molecule has 7 heteroatoms. The van der Waals surface area contributed by atoms with Crippen molar-refractivity contribution in [2.45, 2.75) is 31.3 Å². The number of benzene rings is 1. The first-order chi connectivity index (χ1) is 11.3. The fourth-order valence-corrected chi connectivity index (χ4v) is 4.37. The maximum atomic E-state index is 12.7. The Bertz CT molecular complexity index is 903. The maximum absolute atomic E-state index is 12.7. The van der Waals surface area contributed by atoms with Gasteiger partial charge in [-0.1, -0.05) is 12.1 Å². The lowest BCUT2D eigenvalue weighted by Gasteiger charge is -2.17. The lowest BCUT2D eigenvalue weighted by Crippen LogP contribution is -2.31. The highest BCUT2D eigenvalue weighted by atomic mass is 32.2. The van der Waals surface area contributed by atoms with Gasteiger partial charge in [0, 0.05) is 12.6 Å². The Morgan fingerprint density at radius 1 is 1.21 bits per heavy atom. The Morgan fingerprint density at radius 2 is 2.00 bits per heavy atom. The highest BCUT2D eigenvalue weighted by molar-refractivity contribution is 7.89. The van der Waals surface area contributed by atoms with Crippen molar-refractivity contribution in [3.8, 4) is 5.75 Å². The first-order valence-corrected chi connectivity index (χ1v) is 9.14. The molecule has 1 aromatic heterocycles. The Labute approximate surface area is 140 Å². The Hall–Kier alpha value is -2.12. The first-order valence-electron chi connectivity index (χ1n) is 7.70. The molecule has 1 atom stereocenters. The van der Waals surface area contributed by atoms with Gasteiger partial charge in [-0.25, -0.2) is 13.2 Å². The molecule has 1 aliphatic rings. The van der Waals surface area contributed by atoms with E-state index in [2.05, 4.69) is 0 Å². The molecule has 6 nitrogen and oxygen atoms in total. The average molecular weight is 349 g/mol. The zero-order chi connectivity index (χ0) is 17.3. The molecule has 0 unspecified atom stereocenters. The highest BCUT2D eigenvalue weighted by Gasteiger charge is 2.33. The van der Waals surface area contributed by atoms with Crippen molar-refractivity contribution in [3.05, 3.63) is 58.1 Å². The minimum absolute atomic E-state index is 0.259. The molecule has 0 amide bonds. The average Bonchev–Trinajstić information content (AvgIpc) is 2.95. The second-order valence-electron chi connectivity index (χ2n) is 5.93. The summed E-state index contributed by atoms with van der Waals surface area (Å²) < 4.78 is 37.5. The molecular formula is C17H19NO5S. The molecule has 24 heavy (non-hydrogen) atoms. The summed E-state index contributed by atoms with van der Waals surface area (Å²) in [6.45, 7) is 4.17. The van der Waals surface area contributed by atoms with Crippen LogP contribution in [0.15, 0.2) is 50.5 Å². The molecular weight excluding hydrogens is 330 g/mol. The third-order valence-corrected chi connectivity index (χ3v) is 5.77. The molecule has 1 aliphatic heterocycles. The fourth-order valence-electron chi connectivity index (χ4n) is 2.77. The standard InChI is InChI=1S/C17H19NO5S/c1-12-4-3-5-16(8-12)24(20,21)18-7-6-14(11-18)23-15-9-13(2)22-17(19)10-15/h3-5,8-10,14H,6-7,11H2,1-2H3/t14-/m0/s1. The van der Waals surface area contributed by atoms with Crippen LogP contribution in [0, 0.1) is 13.8 Å². The van der Waals surface area contributed by atoms with E-state index in [0.29, 0.717) is 29.4 Å². The third-order valence-electron chi connectivity index (χ3n) is 3.91. The molecule has 2 aromatic rings. The van der Waals surface area contributed by atoms with Gasteiger partial charge in [0.1, 0.15) is 17.6 Å². The van der Waals surface area contributed by atoms with E-state index in [1.807, 2.05) is 13.0 Å². The van der Waals surface area contributed by atoms with E-state index in [1.165, 1.54) is 10.4 Å². The lowest BCUT2D eigenvalue weighted by molar-refractivity contribution is 0.213. The normalized spacial score (nSPS) is 18.7. The van der Waals surface area contributed by atoms with Crippen LogP contribution in [-0.2, 0) is 10.0 Å². The van der Waals surface area contributed by atoms with Gasteiger partial charge in [0.05, 0.1) is 17.5 Å². The monoisotopic (exact) mass is 349 g/mol. The highest BCUT2D eigenvalue weighted by Crippen LogP contribution is 2.24. The summed E-state index contributed by atoms with van der Waals surface area (Å²) in [6, 6.07) is 9.75. The SMILES string of the molecule is Cc1cccc(S(=O)(=O)N2CC[C@H](Oc3cc(C)oc(=O)c3)C2)c1. The topological polar surface area (TPSA) is 76.8 Å². The minimum Gasteiger partial charge on any atom is -0.489 e. The van der Waals surface area contributed by atoms with Crippen LogP contribution in [0.2, 0.25) is 0 Å². The number of rotatable bonds is 4. The quantitative estimate of drug-likeness (QED) is 0.845. The van der Waals surface area contributed by atoms with Crippen molar-refractivity contribution in [2.75, 3.05) is 13.1 Å². The predicted molar refractivity (Wildman–Crippen MR) is 88.7 cm³/mol. The number of hydrogen-bond acceptors (Lipinski definition) is 5. The van der Waals surface area contributed by atoms with Crippen LogP contribution >= 0.6 is 0 Å². The van der Waals surface area contributed by atoms with Crippen LogP contribution in [0.1, 0.15) is 17.7 Å². The van der Waals surface area contributed by atoms with E-state index in [-0.39, 0.29) is 12.6 Å². The summed E-state index contributed by atoms with van der Waals surface area (Å²) in [7, 11) is -3.53. The zero-order valence-electron chi connectivity index (χ0n) is 13.6. The van der Waals surface area contributed by atoms with Crippen molar-refractivity contribution >= 4 is 10.0 Å². The molecule has 0 bridgehead atoms. The van der Waals surface area contributed by atoms with Gasteiger partial charge in [-0.15, -0.1) is 0 Å². The van der Waals surface area contributed by atoms with E-state index in [0.717, 1.165) is 5.56 Å². The van der Waals surface area contributed by atoms with Crippen molar-refractivity contribution in [3.63, 3.8) is 0 Å². The molecule has 3 rings (SSSR count). The molecule has 1 fully saturated rings. The van der Waals surface area contributed by atoms with Crippen LogP contribution in [0.3, 0.4) is 0 Å². The smallest absolute Gasteiger partial charge is 0.339 e. The van der Waals surface area contributed by atoms with E-state index in [1.54, 1.807) is 31.2 Å². The van der Waals surface area contributed by atoms with Gasteiger partial charge in [0.15, 0.2) is 0 Å². The van der Waals surface area contributed by atoms with E-state index in [4.69, 9.17) is 9.15 Å². The van der Waals surface area contributed by atoms with Gasteiger partial charge in [-0.3, -0.25) is 0 Å². The second kappa shape index (κ2) is 6.41. The summed E-state index contributed by atoms with van der Waals surface area (Å²) in [5, 5.41) is 0. The van der Waals surface area contributed by atoms with Crippen molar-refractivity contribution in [2.24, 2.45) is 0 Å². The lowest BCUT2D eigenvalue weighted by atomic mass is 10.2. The number of nitrogens with zero attached hydrogens (tertiary/aromatic N) is 1. The van der Waals surface area contributed by atoms with Crippen LogP contribution in [-0.4, -0.2) is 31.9 Å². The summed E-state index contributed by atoms with van der Waals surface area (Å²) in [5.74, 6) is 0.864. The predicted octanol–water partition coefficient (Wildman–Crippen LogP) is 2.10. The van der Waals surface area contributed by atoms with Crippen molar-refractivity contribution in [1.29, 1.82) is 0 Å². The number of hydrogen-bond donors (Lipinski definition) is 0. The van der Waals surface area contributed by atoms with Gasteiger partial charge < -0.3 is 9.15 Å². The van der Waals surface area contributed by atoms with Gasteiger partial charge in [0.25, 0.3) is 0 Å². The summed E-state index contributed by atoms with van der Waals surface area (Å²) in [4.78, 5) is 11.7. The van der Waals surface area contributed by atoms with Crippen LogP contribution in [0.5, 0.6) is 5.75 Å². The maximum Gasteiger partial charge on any atom is 0.339 e. The zero-order valence-corrected chi connectivity index (χ0v) is 14.4. The number of ether oxygens (including phenoxy) is 1. The van der Waals surface area contributed by atoms with Crippen LogP contribution in [0.25, 0.3) is 0 Å². The number of aryl methyl sites for hydroxylation is 2. The van der Waals surface area contributed by atoms with E-state index >= 15 is 0 Å². The molecule has 0 aliphatic carbocycles. The first kappa shape index (κ1) is 16.7. The molecule has 0 saturated carbocycles. The minimum atomic E-state index is -3.53. The molecule has 0 radical (unpaired) electrons. The molecule has 0 spiro atoms. The van der Waals surface area contributed by atoms with Crippen LogP contribution < -0.4 is 10.4 Å². The largest absolute Gasteiger partial charge is 0.489 e. The van der Waals surface area contributed by atoms with Crippen molar-refractivity contribution < 1.29 is 17.6 Å². The Kier molecular flexibility index (Phi) is 4.47. The number of sulfonamides is 1. The Morgan fingerprint density at radius 3 is 2.71 bits per heavy atom. The van der Waals surface area contributed by atoms with Gasteiger partial charge in [0.2, 0.25) is 10.0 Å². The second-order valence-corrected chi connectivity index (χ2v) is 7.87. The molecule has 2 heterocycles. The van der Waals surface area contributed by atoms with Gasteiger partial charge >= 0.3 is 5.63 Å². The third kappa shape index (κ3) is 3.52. The molecule has 128 valence electrons. The fraction of sp³-hybridized carbons (Fsp3) is 0.353. The molecule has 1 aromatic carbocycles.